The van der Waals surface area contributed by atoms with Gasteiger partial charge in [-0.25, -0.2) is 0 Å². The number of carbonyl (C=O) groups is 2. The topological polar surface area (TPSA) is 58.6 Å². The number of hydrogen-bond acceptors (Lipinski definition) is 4. The predicted molar refractivity (Wildman–Crippen MR) is 128 cm³/mol. The summed E-state index contributed by atoms with van der Waals surface area (Å²) < 4.78 is 5.59. The molecule has 0 aliphatic heterocycles. The molecule has 0 spiro atoms. The molecule has 1 fully saturated rings. The molecule has 1 atom stereocenters. The van der Waals surface area contributed by atoms with Gasteiger partial charge in [0, 0.05) is 10.9 Å². The van der Waals surface area contributed by atoms with Crippen LogP contribution in [0.3, 0.4) is 0 Å². The highest BCUT2D eigenvalue weighted by molar-refractivity contribution is 7.10. The number of methoxy groups -OCH3 is 1. The second-order valence-electron chi connectivity index (χ2n) is 7.99. The molecule has 2 amide bonds. The van der Waals surface area contributed by atoms with Crippen LogP contribution in [0.15, 0.2) is 72.1 Å². The average Bonchev–Trinajstić information content (AvgIpc) is 3.52. The molecule has 0 bridgehead atoms. The van der Waals surface area contributed by atoms with Crippen LogP contribution in [-0.2, 0) is 16.0 Å². The third-order valence-corrected chi connectivity index (χ3v) is 6.72. The highest BCUT2D eigenvalue weighted by atomic mass is 32.1. The fraction of sp³-hybridized carbons (Fsp3) is 0.308. The molecule has 1 aliphatic rings. The van der Waals surface area contributed by atoms with Crippen molar-refractivity contribution in [2.75, 3.05) is 12.0 Å². The molecule has 0 radical (unpaired) electrons. The van der Waals surface area contributed by atoms with Gasteiger partial charge in [0.2, 0.25) is 11.8 Å². The summed E-state index contributed by atoms with van der Waals surface area (Å²) in [6.07, 6.45) is 4.41. The number of nitrogens with one attached hydrogen (secondary N) is 1. The number of para-hydroxylation sites is 2. The van der Waals surface area contributed by atoms with E-state index in [2.05, 4.69) is 5.32 Å². The molecular weight excluding hydrogens is 420 g/mol. The van der Waals surface area contributed by atoms with Crippen molar-refractivity contribution >= 4 is 28.8 Å². The molecule has 166 valence electrons. The minimum Gasteiger partial charge on any atom is -0.495 e. The molecule has 1 unspecified atom stereocenters. The SMILES string of the molecule is COc1ccccc1N(C(=O)Cc1cccs1)C(C(=O)NC1CCCC1)c1ccccc1. The Balaban J connectivity index is 1.77. The Hall–Kier alpha value is -3.12. The predicted octanol–water partition coefficient (Wildman–Crippen LogP) is 5.13. The summed E-state index contributed by atoms with van der Waals surface area (Å²) in [7, 11) is 1.58. The molecular formula is C26H28N2O3S. The Kier molecular flexibility index (Phi) is 7.22. The quantitative estimate of drug-likeness (QED) is 0.520. The molecule has 5 nitrogen and oxygen atoms in total. The van der Waals surface area contributed by atoms with Crippen molar-refractivity contribution in [3.05, 3.63) is 82.6 Å². The van der Waals surface area contributed by atoms with Crippen LogP contribution in [0.5, 0.6) is 5.75 Å². The lowest BCUT2D eigenvalue weighted by molar-refractivity contribution is -0.127. The van der Waals surface area contributed by atoms with E-state index >= 15 is 0 Å². The second-order valence-corrected chi connectivity index (χ2v) is 9.03. The number of carbonyl (C=O) groups excluding carboxylic acids is 2. The summed E-state index contributed by atoms with van der Waals surface area (Å²) in [5.74, 6) is 0.252. The van der Waals surface area contributed by atoms with Crippen LogP contribution in [0, 0.1) is 0 Å². The lowest BCUT2D eigenvalue weighted by Crippen LogP contribution is -2.47. The number of anilines is 1. The summed E-state index contributed by atoms with van der Waals surface area (Å²) in [6, 6.07) is 20.1. The Labute approximate surface area is 193 Å². The first kappa shape index (κ1) is 22.1. The fourth-order valence-corrected chi connectivity index (χ4v) is 4.99. The maximum atomic E-state index is 13.7. The second kappa shape index (κ2) is 10.5. The molecule has 1 heterocycles. The van der Waals surface area contributed by atoms with Crippen molar-refractivity contribution in [3.63, 3.8) is 0 Å². The van der Waals surface area contributed by atoms with Gasteiger partial charge in [0.05, 0.1) is 19.2 Å². The minimum absolute atomic E-state index is 0.146. The third kappa shape index (κ3) is 5.02. The number of rotatable bonds is 8. The van der Waals surface area contributed by atoms with Crippen LogP contribution in [0.1, 0.15) is 42.2 Å². The minimum atomic E-state index is -0.791. The average molecular weight is 449 g/mol. The van der Waals surface area contributed by atoms with E-state index in [1.165, 1.54) is 11.3 Å². The van der Waals surface area contributed by atoms with Gasteiger partial charge in [0.1, 0.15) is 11.8 Å². The molecule has 1 aliphatic carbocycles. The lowest BCUT2D eigenvalue weighted by Gasteiger charge is -2.33. The van der Waals surface area contributed by atoms with Crippen molar-refractivity contribution in [2.24, 2.45) is 0 Å². The number of amides is 2. The van der Waals surface area contributed by atoms with Crippen molar-refractivity contribution in [1.29, 1.82) is 0 Å². The smallest absolute Gasteiger partial charge is 0.248 e. The van der Waals surface area contributed by atoms with Gasteiger partial charge < -0.3 is 10.1 Å². The van der Waals surface area contributed by atoms with Gasteiger partial charge >= 0.3 is 0 Å². The van der Waals surface area contributed by atoms with Gasteiger partial charge in [0.15, 0.2) is 0 Å². The first-order valence-corrected chi connectivity index (χ1v) is 11.9. The Morgan fingerprint density at radius 1 is 1.03 bits per heavy atom. The van der Waals surface area contributed by atoms with E-state index in [4.69, 9.17) is 4.74 Å². The van der Waals surface area contributed by atoms with E-state index < -0.39 is 6.04 Å². The molecule has 6 heteroatoms. The first-order valence-electron chi connectivity index (χ1n) is 11.0. The Morgan fingerprint density at radius 3 is 2.44 bits per heavy atom. The number of thiophene rings is 1. The standard InChI is InChI=1S/C26H28N2O3S/c1-31-23-16-8-7-15-22(23)28(24(29)18-21-14-9-17-32-21)25(19-10-3-2-4-11-19)26(30)27-20-12-5-6-13-20/h2-4,7-11,14-17,20,25H,5-6,12-13,18H2,1H3,(H,27,30). The van der Waals surface area contributed by atoms with E-state index in [-0.39, 0.29) is 24.3 Å². The third-order valence-electron chi connectivity index (χ3n) is 5.84. The molecule has 1 N–H and O–H groups in total. The fourth-order valence-electron chi connectivity index (χ4n) is 4.30. The van der Waals surface area contributed by atoms with Crippen LogP contribution >= 0.6 is 11.3 Å². The summed E-state index contributed by atoms with van der Waals surface area (Å²) in [4.78, 5) is 30.0. The molecule has 4 rings (SSSR count). The van der Waals surface area contributed by atoms with Crippen LogP contribution in [-0.4, -0.2) is 25.0 Å². The van der Waals surface area contributed by atoms with Gasteiger partial charge in [0.25, 0.3) is 0 Å². The molecule has 1 saturated carbocycles. The Bertz CT molecular complexity index is 1030. The van der Waals surface area contributed by atoms with Gasteiger partial charge in [-0.3, -0.25) is 14.5 Å². The van der Waals surface area contributed by atoms with Gasteiger partial charge in [-0.1, -0.05) is 61.4 Å². The summed E-state index contributed by atoms with van der Waals surface area (Å²) in [6.45, 7) is 0. The maximum Gasteiger partial charge on any atom is 0.248 e. The molecule has 1 aromatic heterocycles. The molecule has 0 saturated heterocycles. The summed E-state index contributed by atoms with van der Waals surface area (Å²) in [5.41, 5.74) is 1.36. The monoisotopic (exact) mass is 448 g/mol. The normalized spacial score (nSPS) is 14.7. The van der Waals surface area contributed by atoms with E-state index in [0.717, 1.165) is 36.1 Å². The van der Waals surface area contributed by atoms with Crippen molar-refractivity contribution in [2.45, 2.75) is 44.2 Å². The lowest BCUT2D eigenvalue weighted by atomic mass is 10.0. The maximum absolute atomic E-state index is 13.7. The zero-order valence-corrected chi connectivity index (χ0v) is 19.0. The van der Waals surface area contributed by atoms with Crippen molar-refractivity contribution in [3.8, 4) is 5.75 Å². The molecule has 32 heavy (non-hydrogen) atoms. The van der Waals surface area contributed by atoms with Crippen LogP contribution in [0.25, 0.3) is 0 Å². The number of hydrogen-bond donors (Lipinski definition) is 1. The zero-order valence-electron chi connectivity index (χ0n) is 18.2. The van der Waals surface area contributed by atoms with E-state index in [9.17, 15) is 9.59 Å². The number of benzene rings is 2. The first-order chi connectivity index (χ1) is 15.7. The van der Waals surface area contributed by atoms with E-state index in [0.29, 0.717) is 11.4 Å². The molecule has 3 aromatic rings. The number of nitrogens with zero attached hydrogens (tertiary/aromatic N) is 1. The number of ether oxygens (including phenoxy) is 1. The highest BCUT2D eigenvalue weighted by Gasteiger charge is 2.35. The van der Waals surface area contributed by atoms with Crippen molar-refractivity contribution < 1.29 is 14.3 Å². The highest BCUT2D eigenvalue weighted by Crippen LogP contribution is 2.36. The van der Waals surface area contributed by atoms with Crippen LogP contribution in [0.2, 0.25) is 0 Å². The summed E-state index contributed by atoms with van der Waals surface area (Å²) in [5, 5.41) is 5.16. The Morgan fingerprint density at radius 2 is 1.75 bits per heavy atom. The van der Waals surface area contributed by atoms with E-state index in [1.54, 1.807) is 12.0 Å². The molecule has 2 aromatic carbocycles. The van der Waals surface area contributed by atoms with Crippen LogP contribution in [0.4, 0.5) is 5.69 Å². The van der Waals surface area contributed by atoms with Gasteiger partial charge in [-0.05, 0) is 42.0 Å². The van der Waals surface area contributed by atoms with Gasteiger partial charge in [-0.15, -0.1) is 11.3 Å². The zero-order chi connectivity index (χ0) is 22.3. The van der Waals surface area contributed by atoms with Crippen LogP contribution < -0.4 is 15.0 Å². The summed E-state index contributed by atoms with van der Waals surface area (Å²) >= 11 is 1.54. The van der Waals surface area contributed by atoms with Crippen molar-refractivity contribution in [1.82, 2.24) is 5.32 Å². The van der Waals surface area contributed by atoms with Gasteiger partial charge in [-0.2, -0.15) is 0 Å². The largest absolute Gasteiger partial charge is 0.495 e. The van der Waals surface area contributed by atoms with E-state index in [1.807, 2.05) is 72.1 Å².